The molecule has 1 aromatic rings. The lowest BCUT2D eigenvalue weighted by molar-refractivity contribution is 0.475. The molecule has 2 N–H and O–H groups in total. The van der Waals surface area contributed by atoms with Crippen LogP contribution in [0.25, 0.3) is 0 Å². The first-order chi connectivity index (χ1) is 4.74. The molecule has 0 saturated carbocycles. The largest absolute Gasteiger partial charge is 0.508 e. The quantitative estimate of drug-likeness (QED) is 0.529. The molecule has 1 aromatic carbocycles. The Hall–Kier alpha value is -0.955. The van der Waals surface area contributed by atoms with Gasteiger partial charge in [0.05, 0.1) is 0 Å². The van der Waals surface area contributed by atoms with Crippen LogP contribution in [-0.2, 0) is 0 Å². The van der Waals surface area contributed by atoms with Gasteiger partial charge < -0.3 is 10.1 Å². The zero-order chi connectivity index (χ0) is 7.56. The van der Waals surface area contributed by atoms with Crippen molar-refractivity contribution in [1.82, 2.24) is 0 Å². The third-order valence-corrected chi connectivity index (χ3v) is 1.39. The molecule has 0 spiro atoms. The lowest BCUT2D eigenvalue weighted by Gasteiger charge is -1.99. The maximum absolute atomic E-state index is 8.94. The van der Waals surface area contributed by atoms with Gasteiger partial charge in [-0.1, -0.05) is 17.1 Å². The number of phenols is 1. The van der Waals surface area contributed by atoms with Crippen LogP contribution in [-0.4, -0.2) is 17.6 Å². The first kappa shape index (κ1) is 7.16. The first-order valence-corrected chi connectivity index (χ1v) is 3.01. The van der Waals surface area contributed by atoms with Gasteiger partial charge in [0.15, 0.2) is 0 Å². The van der Waals surface area contributed by atoms with Gasteiger partial charge in [-0.05, 0) is 19.1 Å². The second-order valence-electron chi connectivity index (χ2n) is 2.17. The average Bonchev–Trinajstić information content (AvgIpc) is 1.88. The van der Waals surface area contributed by atoms with Gasteiger partial charge in [0.25, 0.3) is 0 Å². The molecule has 1 rings (SSSR count). The highest BCUT2D eigenvalue weighted by Gasteiger charge is 1.97. The third kappa shape index (κ3) is 1.31. The summed E-state index contributed by atoms with van der Waals surface area (Å²) in [5.41, 5.74) is 1.60. The van der Waals surface area contributed by atoms with Gasteiger partial charge in [-0.2, -0.15) is 0 Å². The minimum absolute atomic E-state index is 0.225. The van der Waals surface area contributed by atoms with E-state index in [9.17, 15) is 0 Å². The van der Waals surface area contributed by atoms with Gasteiger partial charge in [-0.15, -0.1) is 0 Å². The van der Waals surface area contributed by atoms with E-state index < -0.39 is 0 Å². The number of phenolic OH excluding ortho intramolecular Hbond substituents is 1. The van der Waals surface area contributed by atoms with Crippen molar-refractivity contribution in [2.45, 2.75) is 6.92 Å². The van der Waals surface area contributed by atoms with E-state index in [1.807, 2.05) is 6.92 Å². The molecular formula is C7H8BO2. The number of aromatic hydroxyl groups is 1. The summed E-state index contributed by atoms with van der Waals surface area (Å²) in [7, 11) is 1.02. The van der Waals surface area contributed by atoms with Crippen molar-refractivity contribution in [3.05, 3.63) is 23.8 Å². The molecular weight excluding hydrogens is 127 g/mol. The predicted molar refractivity (Wildman–Crippen MR) is 40.5 cm³/mol. The van der Waals surface area contributed by atoms with E-state index in [2.05, 4.69) is 0 Å². The highest BCUT2D eigenvalue weighted by atomic mass is 16.3. The Bertz CT molecular complexity index is 235. The molecule has 0 heterocycles. The zero-order valence-corrected chi connectivity index (χ0v) is 5.70. The van der Waals surface area contributed by atoms with Crippen molar-refractivity contribution in [2.75, 3.05) is 0 Å². The molecule has 0 aliphatic rings. The van der Waals surface area contributed by atoms with E-state index in [0.29, 0.717) is 0 Å². The van der Waals surface area contributed by atoms with Crippen molar-refractivity contribution in [1.29, 1.82) is 0 Å². The molecule has 51 valence electrons. The minimum atomic E-state index is 0.225. The third-order valence-electron chi connectivity index (χ3n) is 1.39. The highest BCUT2D eigenvalue weighted by Crippen LogP contribution is 2.06. The van der Waals surface area contributed by atoms with Crippen LogP contribution >= 0.6 is 0 Å². The molecule has 0 aliphatic heterocycles. The first-order valence-electron chi connectivity index (χ1n) is 3.01. The fourth-order valence-corrected chi connectivity index (χ4v) is 0.805. The summed E-state index contributed by atoms with van der Waals surface area (Å²) >= 11 is 0. The molecule has 2 nitrogen and oxygen atoms in total. The minimum Gasteiger partial charge on any atom is -0.508 e. The molecule has 0 aromatic heterocycles. The average molecular weight is 135 g/mol. The van der Waals surface area contributed by atoms with Gasteiger partial charge in [-0.3, -0.25) is 0 Å². The van der Waals surface area contributed by atoms with Crippen LogP contribution < -0.4 is 5.46 Å². The van der Waals surface area contributed by atoms with Gasteiger partial charge in [0.1, 0.15) is 5.75 Å². The monoisotopic (exact) mass is 135 g/mol. The van der Waals surface area contributed by atoms with Crippen LogP contribution in [0.2, 0.25) is 0 Å². The van der Waals surface area contributed by atoms with E-state index in [4.69, 9.17) is 10.1 Å². The standard InChI is InChI=1S/C7H8BO2/c1-5-4-6(9)2-3-7(5)8-10/h2-4,9-10H,1H3. The van der Waals surface area contributed by atoms with Gasteiger partial charge in [0.2, 0.25) is 0 Å². The SMILES string of the molecule is Cc1cc(O)ccc1[B]O. The Morgan fingerprint density at radius 1 is 1.40 bits per heavy atom. The number of hydrogen-bond donors (Lipinski definition) is 2. The Morgan fingerprint density at radius 3 is 2.60 bits per heavy atom. The van der Waals surface area contributed by atoms with Crippen LogP contribution in [0.15, 0.2) is 18.2 Å². The molecule has 0 saturated heterocycles. The molecule has 0 fully saturated rings. The van der Waals surface area contributed by atoms with Crippen LogP contribution in [0.4, 0.5) is 0 Å². The van der Waals surface area contributed by atoms with Crippen molar-refractivity contribution in [3.8, 4) is 5.75 Å². The molecule has 0 amide bonds. The summed E-state index contributed by atoms with van der Waals surface area (Å²) in [5, 5.41) is 17.5. The molecule has 0 unspecified atom stereocenters. The van der Waals surface area contributed by atoms with E-state index in [1.165, 1.54) is 6.07 Å². The number of benzene rings is 1. The highest BCUT2D eigenvalue weighted by molar-refractivity contribution is 6.46. The second kappa shape index (κ2) is 2.75. The van der Waals surface area contributed by atoms with Crippen LogP contribution in [0.3, 0.4) is 0 Å². The van der Waals surface area contributed by atoms with Gasteiger partial charge in [0, 0.05) is 0 Å². The summed E-state index contributed by atoms with van der Waals surface area (Å²) in [5.74, 6) is 0.225. The Kier molecular flexibility index (Phi) is 1.97. The number of aryl methyl sites for hydroxylation is 1. The van der Waals surface area contributed by atoms with Crippen molar-refractivity contribution in [2.24, 2.45) is 0 Å². The molecule has 0 atom stereocenters. The van der Waals surface area contributed by atoms with Crippen molar-refractivity contribution < 1.29 is 10.1 Å². The topological polar surface area (TPSA) is 40.5 Å². The molecule has 10 heavy (non-hydrogen) atoms. The van der Waals surface area contributed by atoms with Gasteiger partial charge in [-0.25, -0.2) is 0 Å². The van der Waals surface area contributed by atoms with Crippen molar-refractivity contribution >= 4 is 12.9 Å². The van der Waals surface area contributed by atoms with Crippen LogP contribution in [0, 0.1) is 6.92 Å². The fourth-order valence-electron chi connectivity index (χ4n) is 0.805. The molecule has 0 bridgehead atoms. The maximum atomic E-state index is 8.94. The number of hydrogen-bond acceptors (Lipinski definition) is 2. The number of rotatable bonds is 1. The van der Waals surface area contributed by atoms with Crippen LogP contribution in [0.5, 0.6) is 5.75 Å². The van der Waals surface area contributed by atoms with Crippen LogP contribution in [0.1, 0.15) is 5.56 Å². The maximum Gasteiger partial charge on any atom is 0.327 e. The molecule has 1 radical (unpaired) electrons. The molecule has 3 heteroatoms. The summed E-state index contributed by atoms with van der Waals surface area (Å²) in [6, 6.07) is 4.79. The molecule has 0 aliphatic carbocycles. The van der Waals surface area contributed by atoms with E-state index in [1.54, 1.807) is 12.1 Å². The van der Waals surface area contributed by atoms with E-state index in [-0.39, 0.29) is 5.75 Å². The second-order valence-corrected chi connectivity index (χ2v) is 2.17. The lowest BCUT2D eigenvalue weighted by Crippen LogP contribution is -2.15. The van der Waals surface area contributed by atoms with E-state index >= 15 is 0 Å². The summed E-state index contributed by atoms with van der Waals surface area (Å²) in [6.45, 7) is 1.82. The zero-order valence-electron chi connectivity index (χ0n) is 5.70. The Morgan fingerprint density at radius 2 is 2.10 bits per heavy atom. The normalized spacial score (nSPS) is 9.40. The van der Waals surface area contributed by atoms with E-state index in [0.717, 1.165) is 18.5 Å². The fraction of sp³-hybridized carbons (Fsp3) is 0.143. The lowest BCUT2D eigenvalue weighted by atomic mass is 9.85. The van der Waals surface area contributed by atoms with Gasteiger partial charge >= 0.3 is 7.48 Å². The van der Waals surface area contributed by atoms with Crippen molar-refractivity contribution in [3.63, 3.8) is 0 Å². The predicted octanol–water partition coefficient (Wildman–Crippen LogP) is -0.0626. The summed E-state index contributed by atoms with van der Waals surface area (Å²) in [6.07, 6.45) is 0. The Balaban J connectivity index is 3.07. The Labute approximate surface area is 60.4 Å². The smallest absolute Gasteiger partial charge is 0.327 e. The summed E-state index contributed by atoms with van der Waals surface area (Å²) < 4.78 is 0. The summed E-state index contributed by atoms with van der Waals surface area (Å²) in [4.78, 5) is 0.